The number of ether oxygens (including phenoxy) is 3. The lowest BCUT2D eigenvalue weighted by Crippen LogP contribution is -2.23. The third-order valence-electron chi connectivity index (χ3n) is 4.13. The molecule has 2 aromatic rings. The molecule has 0 aliphatic carbocycles. The van der Waals surface area contributed by atoms with Gasteiger partial charge in [-0.15, -0.1) is 0 Å². The van der Waals surface area contributed by atoms with Gasteiger partial charge in [-0.2, -0.15) is 0 Å². The van der Waals surface area contributed by atoms with Crippen LogP contribution in [0.1, 0.15) is 27.9 Å². The first-order valence-electron chi connectivity index (χ1n) is 8.37. The molecule has 0 atom stereocenters. The van der Waals surface area contributed by atoms with E-state index in [1.54, 1.807) is 30.3 Å². The van der Waals surface area contributed by atoms with Crippen LogP contribution in [0.2, 0.25) is 0 Å². The summed E-state index contributed by atoms with van der Waals surface area (Å²) in [4.78, 5) is 23.4. The Morgan fingerprint density at radius 1 is 0.926 bits per heavy atom. The fourth-order valence-electron chi connectivity index (χ4n) is 2.71. The number of carbonyl (C=O) groups excluding carboxylic acids is 1. The highest BCUT2D eigenvalue weighted by Gasteiger charge is 2.14. The summed E-state index contributed by atoms with van der Waals surface area (Å²) in [5, 5.41) is 12.0. The summed E-state index contributed by atoms with van der Waals surface area (Å²) in [5.41, 5.74) is 1.59. The highest BCUT2D eigenvalue weighted by atomic mass is 16.5. The maximum absolute atomic E-state index is 12.2. The maximum atomic E-state index is 12.2. The van der Waals surface area contributed by atoms with Gasteiger partial charge in [-0.05, 0) is 24.1 Å². The second kappa shape index (κ2) is 9.47. The van der Waals surface area contributed by atoms with Gasteiger partial charge < -0.3 is 24.6 Å². The summed E-state index contributed by atoms with van der Waals surface area (Å²) >= 11 is 0. The van der Waals surface area contributed by atoms with Gasteiger partial charge in [-0.3, -0.25) is 4.79 Å². The van der Waals surface area contributed by atoms with Crippen LogP contribution in [0.15, 0.2) is 36.4 Å². The number of hydrogen-bond acceptors (Lipinski definition) is 5. The molecule has 144 valence electrons. The van der Waals surface area contributed by atoms with Crippen LogP contribution in [0, 0.1) is 0 Å². The predicted octanol–water partition coefficient (Wildman–Crippen LogP) is 2.66. The minimum absolute atomic E-state index is 0.180. The molecule has 2 rings (SSSR count). The van der Waals surface area contributed by atoms with Gasteiger partial charge in [0.1, 0.15) is 5.75 Å². The van der Waals surface area contributed by atoms with E-state index in [0.29, 0.717) is 29.2 Å². The van der Waals surface area contributed by atoms with Crippen LogP contribution in [0.3, 0.4) is 0 Å². The zero-order chi connectivity index (χ0) is 19.8. The van der Waals surface area contributed by atoms with Crippen molar-refractivity contribution in [2.24, 2.45) is 0 Å². The largest absolute Gasteiger partial charge is 0.496 e. The topological polar surface area (TPSA) is 94.1 Å². The second-order valence-electron chi connectivity index (χ2n) is 5.76. The number of aryl methyl sites for hydroxylation is 1. The van der Waals surface area contributed by atoms with Crippen molar-refractivity contribution in [3.63, 3.8) is 0 Å². The molecule has 2 aromatic carbocycles. The van der Waals surface area contributed by atoms with Crippen LogP contribution in [0.4, 0.5) is 0 Å². The molecule has 0 bridgehead atoms. The Labute approximate surface area is 157 Å². The minimum atomic E-state index is -0.999. The van der Waals surface area contributed by atoms with Crippen LogP contribution in [-0.4, -0.2) is 38.3 Å². The first-order chi connectivity index (χ1) is 13.0. The van der Waals surface area contributed by atoms with Gasteiger partial charge in [0.05, 0.1) is 26.9 Å². The number of amides is 1. The van der Waals surface area contributed by atoms with Gasteiger partial charge in [-0.25, -0.2) is 4.79 Å². The fourth-order valence-corrected chi connectivity index (χ4v) is 2.71. The first kappa shape index (κ1) is 20.1. The summed E-state index contributed by atoms with van der Waals surface area (Å²) in [6, 6.07) is 10.1. The number of carboxylic acid groups (broad SMARTS) is 1. The molecule has 0 aliphatic rings. The molecule has 0 unspecified atom stereocenters. The lowest BCUT2D eigenvalue weighted by molar-refractivity contribution is -0.121. The van der Waals surface area contributed by atoms with E-state index < -0.39 is 5.97 Å². The van der Waals surface area contributed by atoms with E-state index in [1.165, 1.54) is 27.4 Å². The zero-order valence-electron chi connectivity index (χ0n) is 15.6. The van der Waals surface area contributed by atoms with Crippen molar-refractivity contribution < 1.29 is 28.9 Å². The summed E-state index contributed by atoms with van der Waals surface area (Å²) in [5.74, 6) is 0.463. The van der Waals surface area contributed by atoms with E-state index in [-0.39, 0.29) is 24.4 Å². The molecular weight excluding hydrogens is 350 g/mol. The molecule has 0 radical (unpaired) electrons. The molecule has 0 saturated heterocycles. The number of hydrogen-bond donors (Lipinski definition) is 2. The number of nitrogens with one attached hydrogen (secondary N) is 1. The number of rotatable bonds is 9. The molecule has 0 aliphatic heterocycles. The van der Waals surface area contributed by atoms with Crippen molar-refractivity contribution in [1.29, 1.82) is 0 Å². The van der Waals surface area contributed by atoms with E-state index in [9.17, 15) is 14.7 Å². The lowest BCUT2D eigenvalue weighted by atomic mass is 10.0. The molecule has 7 nitrogen and oxygen atoms in total. The van der Waals surface area contributed by atoms with Crippen molar-refractivity contribution >= 4 is 11.9 Å². The standard InChI is InChI=1S/C20H23NO6/c1-25-16-11-18(27-3)17(26-2)10-14(16)12-21-19(22)9-8-13-6-4-5-7-15(13)20(23)24/h4-7,10-11H,8-9,12H2,1-3H3,(H,21,22)(H,23,24). The normalized spacial score (nSPS) is 10.2. The lowest BCUT2D eigenvalue weighted by Gasteiger charge is -2.14. The van der Waals surface area contributed by atoms with Crippen molar-refractivity contribution in [3.8, 4) is 17.2 Å². The van der Waals surface area contributed by atoms with Crippen molar-refractivity contribution in [1.82, 2.24) is 5.32 Å². The number of aromatic carboxylic acids is 1. The highest BCUT2D eigenvalue weighted by molar-refractivity contribution is 5.89. The maximum Gasteiger partial charge on any atom is 0.335 e. The molecule has 0 aromatic heterocycles. The Hall–Kier alpha value is -3.22. The molecule has 0 saturated carbocycles. The highest BCUT2D eigenvalue weighted by Crippen LogP contribution is 2.34. The van der Waals surface area contributed by atoms with Crippen LogP contribution in [-0.2, 0) is 17.8 Å². The molecule has 27 heavy (non-hydrogen) atoms. The van der Waals surface area contributed by atoms with Gasteiger partial charge >= 0.3 is 5.97 Å². The molecule has 7 heteroatoms. The van der Waals surface area contributed by atoms with E-state index >= 15 is 0 Å². The number of methoxy groups -OCH3 is 3. The van der Waals surface area contributed by atoms with Gasteiger partial charge in [-0.1, -0.05) is 18.2 Å². The van der Waals surface area contributed by atoms with E-state index in [1.807, 2.05) is 0 Å². The Kier molecular flexibility index (Phi) is 7.05. The molecule has 2 N–H and O–H groups in total. The van der Waals surface area contributed by atoms with Crippen LogP contribution >= 0.6 is 0 Å². The van der Waals surface area contributed by atoms with Crippen LogP contribution in [0.25, 0.3) is 0 Å². The van der Waals surface area contributed by atoms with Gasteiger partial charge in [0.15, 0.2) is 11.5 Å². The van der Waals surface area contributed by atoms with Gasteiger partial charge in [0, 0.05) is 24.6 Å². The number of carbonyl (C=O) groups is 2. The third kappa shape index (κ3) is 5.13. The Balaban J connectivity index is 2.01. The summed E-state index contributed by atoms with van der Waals surface area (Å²) in [6.07, 6.45) is 0.525. The molecule has 0 fully saturated rings. The molecular formula is C20H23NO6. The Bertz CT molecular complexity index is 818. The summed E-state index contributed by atoms with van der Waals surface area (Å²) in [7, 11) is 4.61. The Morgan fingerprint density at radius 2 is 1.56 bits per heavy atom. The number of carboxylic acids is 1. The monoisotopic (exact) mass is 373 g/mol. The summed E-state index contributed by atoms with van der Waals surface area (Å²) in [6.45, 7) is 0.253. The van der Waals surface area contributed by atoms with E-state index in [4.69, 9.17) is 14.2 Å². The smallest absolute Gasteiger partial charge is 0.335 e. The average molecular weight is 373 g/mol. The van der Waals surface area contributed by atoms with Crippen molar-refractivity contribution in [3.05, 3.63) is 53.1 Å². The molecule has 0 spiro atoms. The zero-order valence-corrected chi connectivity index (χ0v) is 15.6. The minimum Gasteiger partial charge on any atom is -0.496 e. The molecule has 0 heterocycles. The van der Waals surface area contributed by atoms with E-state index in [0.717, 1.165) is 5.56 Å². The second-order valence-corrected chi connectivity index (χ2v) is 5.76. The van der Waals surface area contributed by atoms with Gasteiger partial charge in [0.2, 0.25) is 5.91 Å². The summed E-state index contributed by atoms with van der Waals surface area (Å²) < 4.78 is 15.9. The van der Waals surface area contributed by atoms with E-state index in [2.05, 4.69) is 5.32 Å². The van der Waals surface area contributed by atoms with Crippen molar-refractivity contribution in [2.45, 2.75) is 19.4 Å². The predicted molar refractivity (Wildman–Crippen MR) is 99.7 cm³/mol. The molecule has 1 amide bonds. The Morgan fingerprint density at radius 3 is 2.19 bits per heavy atom. The number of benzene rings is 2. The quantitative estimate of drug-likeness (QED) is 0.702. The fraction of sp³-hybridized carbons (Fsp3) is 0.300. The third-order valence-corrected chi connectivity index (χ3v) is 4.13. The van der Waals surface area contributed by atoms with Crippen LogP contribution in [0.5, 0.6) is 17.2 Å². The first-order valence-corrected chi connectivity index (χ1v) is 8.37. The average Bonchev–Trinajstić information content (AvgIpc) is 2.69. The SMILES string of the molecule is COc1cc(OC)c(OC)cc1CNC(=O)CCc1ccccc1C(=O)O. The van der Waals surface area contributed by atoms with Crippen molar-refractivity contribution in [2.75, 3.05) is 21.3 Å². The van der Waals surface area contributed by atoms with Crippen LogP contribution < -0.4 is 19.5 Å². The van der Waals surface area contributed by atoms with Gasteiger partial charge in [0.25, 0.3) is 0 Å².